The number of hydrogen-bond acceptors (Lipinski definition) is 3. The zero-order valence-corrected chi connectivity index (χ0v) is 5.44. The smallest absolute Gasteiger partial charge is 0.417 e. The standard InChI is InChI=1S/C5H6F3NO2/c6-5(7,8)4(9)1-2-11-3(4)10/h1-2,9H2. The molecule has 1 unspecified atom stereocenters. The molecule has 1 heterocycles. The Kier molecular flexibility index (Phi) is 1.59. The van der Waals surface area contributed by atoms with Crippen LogP contribution in [0.2, 0.25) is 0 Å². The van der Waals surface area contributed by atoms with E-state index in [1.54, 1.807) is 0 Å². The number of alkyl halides is 3. The number of nitrogens with two attached hydrogens (primary N) is 1. The van der Waals surface area contributed by atoms with Crippen LogP contribution in [0.1, 0.15) is 6.42 Å². The van der Waals surface area contributed by atoms with Gasteiger partial charge < -0.3 is 10.5 Å². The number of esters is 1. The van der Waals surface area contributed by atoms with Gasteiger partial charge in [0.1, 0.15) is 0 Å². The van der Waals surface area contributed by atoms with Gasteiger partial charge in [0.25, 0.3) is 0 Å². The zero-order chi connectivity index (χ0) is 8.70. The maximum Gasteiger partial charge on any atom is 0.417 e. The van der Waals surface area contributed by atoms with E-state index in [4.69, 9.17) is 5.73 Å². The molecule has 0 aliphatic carbocycles. The highest BCUT2D eigenvalue weighted by Gasteiger charge is 2.61. The fraction of sp³-hybridized carbons (Fsp3) is 0.800. The van der Waals surface area contributed by atoms with E-state index in [0.29, 0.717) is 0 Å². The monoisotopic (exact) mass is 169 g/mol. The van der Waals surface area contributed by atoms with Crippen LogP contribution >= 0.6 is 0 Å². The highest BCUT2D eigenvalue weighted by atomic mass is 19.4. The summed E-state index contributed by atoms with van der Waals surface area (Å²) in [5, 5.41) is 0. The molecular weight excluding hydrogens is 163 g/mol. The number of carbonyl (C=O) groups excluding carboxylic acids is 1. The number of rotatable bonds is 0. The number of halogens is 3. The largest absolute Gasteiger partial charge is 0.464 e. The fourth-order valence-electron chi connectivity index (χ4n) is 0.793. The third kappa shape index (κ3) is 1.07. The first kappa shape index (κ1) is 8.32. The average molecular weight is 169 g/mol. The summed E-state index contributed by atoms with van der Waals surface area (Å²) in [7, 11) is 0. The maximum absolute atomic E-state index is 12.0. The topological polar surface area (TPSA) is 52.3 Å². The van der Waals surface area contributed by atoms with Crippen molar-refractivity contribution < 1.29 is 22.7 Å². The summed E-state index contributed by atoms with van der Waals surface area (Å²) in [4.78, 5) is 10.5. The Labute approximate surface area is 60.3 Å². The van der Waals surface area contributed by atoms with Crippen molar-refractivity contribution in [1.29, 1.82) is 0 Å². The van der Waals surface area contributed by atoms with Gasteiger partial charge in [0, 0.05) is 6.42 Å². The van der Waals surface area contributed by atoms with Gasteiger partial charge in [-0.2, -0.15) is 13.2 Å². The van der Waals surface area contributed by atoms with E-state index in [2.05, 4.69) is 4.74 Å². The molecule has 0 bridgehead atoms. The van der Waals surface area contributed by atoms with E-state index in [1.807, 2.05) is 0 Å². The second kappa shape index (κ2) is 2.10. The molecule has 64 valence electrons. The van der Waals surface area contributed by atoms with Crippen molar-refractivity contribution in [2.24, 2.45) is 5.73 Å². The average Bonchev–Trinajstić information content (AvgIpc) is 2.12. The number of cyclic esters (lactones) is 1. The van der Waals surface area contributed by atoms with Gasteiger partial charge in [0.05, 0.1) is 6.61 Å². The lowest BCUT2D eigenvalue weighted by Crippen LogP contribution is -2.56. The minimum absolute atomic E-state index is 0.255. The molecule has 0 aromatic carbocycles. The summed E-state index contributed by atoms with van der Waals surface area (Å²) < 4.78 is 40.0. The minimum atomic E-state index is -4.71. The Morgan fingerprint density at radius 3 is 2.27 bits per heavy atom. The molecule has 11 heavy (non-hydrogen) atoms. The predicted octanol–water partition coefficient (Wildman–Crippen LogP) is 0.193. The molecule has 1 saturated heterocycles. The first-order valence-corrected chi connectivity index (χ1v) is 2.91. The number of carbonyl (C=O) groups is 1. The quantitative estimate of drug-likeness (QED) is 0.527. The third-order valence-corrected chi connectivity index (χ3v) is 1.60. The summed E-state index contributed by atoms with van der Waals surface area (Å²) in [5.41, 5.74) is 2.01. The van der Waals surface area contributed by atoms with E-state index < -0.39 is 24.1 Å². The van der Waals surface area contributed by atoms with Gasteiger partial charge in [0.2, 0.25) is 5.54 Å². The Balaban J connectivity index is 2.90. The summed E-state index contributed by atoms with van der Waals surface area (Å²) >= 11 is 0. The lowest BCUT2D eigenvalue weighted by molar-refractivity contribution is -0.193. The molecule has 6 heteroatoms. The molecular formula is C5H6F3NO2. The Morgan fingerprint density at radius 1 is 1.55 bits per heavy atom. The summed E-state index contributed by atoms with van der Waals surface area (Å²) in [6.07, 6.45) is -5.20. The molecule has 0 aromatic rings. The normalized spacial score (nSPS) is 32.2. The molecule has 2 N–H and O–H groups in total. The van der Waals surface area contributed by atoms with Crippen LogP contribution in [0.15, 0.2) is 0 Å². The van der Waals surface area contributed by atoms with Gasteiger partial charge in [-0.15, -0.1) is 0 Å². The van der Waals surface area contributed by atoms with E-state index >= 15 is 0 Å². The molecule has 0 spiro atoms. The van der Waals surface area contributed by atoms with Crippen LogP contribution < -0.4 is 5.73 Å². The maximum atomic E-state index is 12.0. The van der Waals surface area contributed by atoms with Crippen molar-refractivity contribution in [3.05, 3.63) is 0 Å². The molecule has 0 aromatic heterocycles. The first-order chi connectivity index (χ1) is 4.88. The fourth-order valence-corrected chi connectivity index (χ4v) is 0.793. The van der Waals surface area contributed by atoms with Gasteiger partial charge in [-0.1, -0.05) is 0 Å². The molecule has 1 fully saturated rings. The summed E-state index contributed by atoms with van der Waals surface area (Å²) in [6, 6.07) is 0. The van der Waals surface area contributed by atoms with Crippen molar-refractivity contribution in [3.63, 3.8) is 0 Å². The van der Waals surface area contributed by atoms with Crippen molar-refractivity contribution in [2.75, 3.05) is 6.61 Å². The van der Waals surface area contributed by atoms with Crippen LogP contribution in [0.25, 0.3) is 0 Å². The van der Waals surface area contributed by atoms with E-state index in [0.717, 1.165) is 0 Å². The first-order valence-electron chi connectivity index (χ1n) is 2.91. The van der Waals surface area contributed by atoms with Crippen molar-refractivity contribution in [1.82, 2.24) is 0 Å². The van der Waals surface area contributed by atoms with E-state index in [1.165, 1.54) is 0 Å². The molecule has 1 aliphatic heterocycles. The van der Waals surface area contributed by atoms with E-state index in [9.17, 15) is 18.0 Å². The molecule has 1 atom stereocenters. The molecule has 0 saturated carbocycles. The van der Waals surface area contributed by atoms with Crippen LogP contribution in [0, 0.1) is 0 Å². The van der Waals surface area contributed by atoms with Crippen molar-refractivity contribution >= 4 is 5.97 Å². The molecule has 1 rings (SSSR count). The number of hydrogen-bond donors (Lipinski definition) is 1. The van der Waals surface area contributed by atoms with Crippen molar-refractivity contribution in [3.8, 4) is 0 Å². The lowest BCUT2D eigenvalue weighted by Gasteiger charge is -2.21. The molecule has 0 radical (unpaired) electrons. The second-order valence-electron chi connectivity index (χ2n) is 2.36. The minimum Gasteiger partial charge on any atom is -0.464 e. The summed E-state index contributed by atoms with van der Waals surface area (Å²) in [6.45, 7) is -0.255. The Bertz CT molecular complexity index is 191. The van der Waals surface area contributed by atoms with Crippen LogP contribution in [-0.4, -0.2) is 24.3 Å². The van der Waals surface area contributed by atoms with Crippen LogP contribution in [0.5, 0.6) is 0 Å². The van der Waals surface area contributed by atoms with Crippen molar-refractivity contribution in [2.45, 2.75) is 18.1 Å². The second-order valence-corrected chi connectivity index (χ2v) is 2.36. The number of ether oxygens (including phenoxy) is 1. The molecule has 3 nitrogen and oxygen atoms in total. The van der Waals surface area contributed by atoms with Crippen LogP contribution in [0.3, 0.4) is 0 Å². The summed E-state index contributed by atoms with van der Waals surface area (Å²) in [5.74, 6) is -1.38. The third-order valence-electron chi connectivity index (χ3n) is 1.60. The van der Waals surface area contributed by atoms with Gasteiger partial charge in [0.15, 0.2) is 0 Å². The van der Waals surface area contributed by atoms with Crippen LogP contribution in [-0.2, 0) is 9.53 Å². The SMILES string of the molecule is NC1(C(F)(F)F)CCOC1=O. The Hall–Kier alpha value is -0.780. The molecule has 1 aliphatic rings. The van der Waals surface area contributed by atoms with Gasteiger partial charge in [-0.3, -0.25) is 0 Å². The zero-order valence-electron chi connectivity index (χ0n) is 5.44. The van der Waals surface area contributed by atoms with Gasteiger partial charge >= 0.3 is 12.1 Å². The highest BCUT2D eigenvalue weighted by molar-refractivity contribution is 5.83. The predicted molar refractivity (Wildman–Crippen MR) is 28.5 cm³/mol. The van der Waals surface area contributed by atoms with Crippen LogP contribution in [0.4, 0.5) is 13.2 Å². The highest BCUT2D eigenvalue weighted by Crippen LogP contribution is 2.35. The van der Waals surface area contributed by atoms with Gasteiger partial charge in [-0.05, 0) is 0 Å². The van der Waals surface area contributed by atoms with E-state index in [-0.39, 0.29) is 6.61 Å². The molecule has 0 amide bonds. The Morgan fingerprint density at radius 2 is 2.09 bits per heavy atom. The van der Waals surface area contributed by atoms with Gasteiger partial charge in [-0.25, -0.2) is 4.79 Å². The lowest BCUT2D eigenvalue weighted by atomic mass is 9.99.